The first-order valence-electron chi connectivity index (χ1n) is 5.36. The molecule has 1 aromatic carbocycles. The third-order valence-electron chi connectivity index (χ3n) is 2.57. The lowest BCUT2D eigenvalue weighted by Gasteiger charge is -2.25. The highest BCUT2D eigenvalue weighted by Crippen LogP contribution is 2.34. The van der Waals surface area contributed by atoms with Crippen molar-refractivity contribution in [3.05, 3.63) is 33.8 Å². The van der Waals surface area contributed by atoms with E-state index in [1.54, 1.807) is 25.1 Å². The molecule has 0 bridgehead atoms. The van der Waals surface area contributed by atoms with Crippen LogP contribution in [0.15, 0.2) is 18.2 Å². The van der Waals surface area contributed by atoms with Gasteiger partial charge in [-0.3, -0.25) is 0 Å². The molecular weight excluding hydrogens is 245 g/mol. The highest BCUT2D eigenvalue weighted by Gasteiger charge is 2.25. The average molecular weight is 262 g/mol. The summed E-state index contributed by atoms with van der Waals surface area (Å²) in [6, 6.07) is 5.32. The summed E-state index contributed by atoms with van der Waals surface area (Å²) in [7, 11) is 0. The van der Waals surface area contributed by atoms with E-state index in [0.717, 1.165) is 13.1 Å². The summed E-state index contributed by atoms with van der Waals surface area (Å²) >= 11 is 12.0. The molecule has 1 atom stereocenters. The van der Waals surface area contributed by atoms with E-state index in [4.69, 9.17) is 23.2 Å². The third-order valence-corrected chi connectivity index (χ3v) is 3.39. The molecule has 0 heterocycles. The van der Waals surface area contributed by atoms with Gasteiger partial charge in [0.1, 0.15) is 0 Å². The normalized spacial score (nSPS) is 14.8. The minimum absolute atomic E-state index is 0.436. The van der Waals surface area contributed by atoms with Gasteiger partial charge in [0, 0.05) is 5.56 Å². The largest absolute Gasteiger partial charge is 0.385 e. The van der Waals surface area contributed by atoms with Crippen molar-refractivity contribution in [1.29, 1.82) is 0 Å². The molecule has 1 unspecified atom stereocenters. The summed E-state index contributed by atoms with van der Waals surface area (Å²) in [5.74, 6) is 0. The minimum atomic E-state index is -0.954. The van der Waals surface area contributed by atoms with Gasteiger partial charge in [0.15, 0.2) is 0 Å². The van der Waals surface area contributed by atoms with Crippen molar-refractivity contribution >= 4 is 23.2 Å². The lowest BCUT2D eigenvalue weighted by Crippen LogP contribution is -2.28. The van der Waals surface area contributed by atoms with Gasteiger partial charge >= 0.3 is 0 Å². The Morgan fingerprint density at radius 1 is 1.38 bits per heavy atom. The van der Waals surface area contributed by atoms with E-state index in [0.29, 0.717) is 22.0 Å². The molecule has 0 aromatic heterocycles. The molecule has 1 rings (SSSR count). The number of halogens is 2. The van der Waals surface area contributed by atoms with Crippen LogP contribution in [0.1, 0.15) is 25.8 Å². The van der Waals surface area contributed by atoms with Crippen molar-refractivity contribution in [2.75, 3.05) is 13.1 Å². The fraction of sp³-hybridized carbons (Fsp3) is 0.500. The minimum Gasteiger partial charge on any atom is -0.385 e. The second-order valence-electron chi connectivity index (χ2n) is 3.98. The molecule has 0 radical (unpaired) electrons. The van der Waals surface area contributed by atoms with Crippen LogP contribution in [0, 0.1) is 0 Å². The van der Waals surface area contributed by atoms with Gasteiger partial charge in [-0.1, -0.05) is 42.3 Å². The molecule has 0 amide bonds. The quantitative estimate of drug-likeness (QED) is 0.799. The van der Waals surface area contributed by atoms with Gasteiger partial charge in [-0.2, -0.15) is 0 Å². The Morgan fingerprint density at radius 2 is 2.06 bits per heavy atom. The zero-order valence-corrected chi connectivity index (χ0v) is 11.1. The first-order chi connectivity index (χ1) is 7.49. The maximum Gasteiger partial charge on any atom is 0.0895 e. The van der Waals surface area contributed by atoms with Gasteiger partial charge in [-0.15, -0.1) is 0 Å². The van der Waals surface area contributed by atoms with Crippen LogP contribution in [0.5, 0.6) is 0 Å². The maximum absolute atomic E-state index is 10.3. The number of hydrogen-bond acceptors (Lipinski definition) is 2. The molecule has 0 aliphatic carbocycles. The van der Waals surface area contributed by atoms with E-state index < -0.39 is 5.60 Å². The molecule has 0 aliphatic rings. The molecule has 0 saturated carbocycles. The predicted octanol–water partition coefficient (Wildman–Crippen LogP) is 3.20. The molecule has 0 saturated heterocycles. The highest BCUT2D eigenvalue weighted by molar-refractivity contribution is 6.42. The zero-order valence-electron chi connectivity index (χ0n) is 9.56. The van der Waals surface area contributed by atoms with E-state index in [1.165, 1.54) is 0 Å². The third kappa shape index (κ3) is 3.36. The standard InChI is InChI=1S/C12H17Cl2NO/c1-3-15-8-7-12(2,16)9-5-4-6-10(13)11(9)14/h4-6,15-16H,3,7-8H2,1-2H3. The number of benzene rings is 1. The van der Waals surface area contributed by atoms with Gasteiger partial charge < -0.3 is 10.4 Å². The SMILES string of the molecule is CCNCCC(C)(O)c1cccc(Cl)c1Cl. The predicted molar refractivity (Wildman–Crippen MR) is 69.2 cm³/mol. The van der Waals surface area contributed by atoms with Crippen LogP contribution in [0.2, 0.25) is 10.0 Å². The molecule has 90 valence electrons. The van der Waals surface area contributed by atoms with Crippen LogP contribution >= 0.6 is 23.2 Å². The lowest BCUT2D eigenvalue weighted by atomic mass is 9.92. The molecule has 0 spiro atoms. The fourth-order valence-electron chi connectivity index (χ4n) is 1.56. The smallest absolute Gasteiger partial charge is 0.0895 e. The second kappa shape index (κ2) is 5.87. The number of aliphatic hydroxyl groups is 1. The number of hydrogen-bond donors (Lipinski definition) is 2. The monoisotopic (exact) mass is 261 g/mol. The van der Waals surface area contributed by atoms with Crippen molar-refractivity contribution in [2.45, 2.75) is 25.9 Å². The van der Waals surface area contributed by atoms with Gasteiger partial charge in [-0.25, -0.2) is 0 Å². The summed E-state index contributed by atoms with van der Waals surface area (Å²) in [5.41, 5.74) is -0.274. The van der Waals surface area contributed by atoms with Gasteiger partial charge in [0.05, 0.1) is 15.6 Å². The van der Waals surface area contributed by atoms with Crippen LogP contribution < -0.4 is 5.32 Å². The van der Waals surface area contributed by atoms with E-state index in [9.17, 15) is 5.11 Å². The number of rotatable bonds is 5. The first kappa shape index (κ1) is 13.8. The molecule has 16 heavy (non-hydrogen) atoms. The van der Waals surface area contributed by atoms with Crippen LogP contribution in [-0.2, 0) is 5.60 Å². The van der Waals surface area contributed by atoms with Crippen molar-refractivity contribution < 1.29 is 5.11 Å². The fourth-order valence-corrected chi connectivity index (χ4v) is 2.07. The van der Waals surface area contributed by atoms with Crippen molar-refractivity contribution in [3.8, 4) is 0 Å². The summed E-state index contributed by atoms with van der Waals surface area (Å²) in [4.78, 5) is 0. The van der Waals surface area contributed by atoms with E-state index in [2.05, 4.69) is 5.32 Å². The summed E-state index contributed by atoms with van der Waals surface area (Å²) in [5, 5.41) is 14.4. The van der Waals surface area contributed by atoms with Crippen LogP contribution in [0.4, 0.5) is 0 Å². The summed E-state index contributed by atoms with van der Waals surface area (Å²) < 4.78 is 0. The Labute approximate surface area is 107 Å². The van der Waals surface area contributed by atoms with E-state index in [1.807, 2.05) is 6.92 Å². The topological polar surface area (TPSA) is 32.3 Å². The molecular formula is C12H17Cl2NO. The van der Waals surface area contributed by atoms with Gasteiger partial charge in [0.2, 0.25) is 0 Å². The Kier molecular flexibility index (Phi) is 5.06. The molecule has 1 aromatic rings. The molecule has 4 heteroatoms. The Bertz CT molecular complexity index is 353. The Morgan fingerprint density at radius 3 is 2.69 bits per heavy atom. The average Bonchev–Trinajstić information content (AvgIpc) is 2.22. The van der Waals surface area contributed by atoms with Crippen molar-refractivity contribution in [3.63, 3.8) is 0 Å². The van der Waals surface area contributed by atoms with Gasteiger partial charge in [-0.05, 0) is 32.5 Å². The van der Waals surface area contributed by atoms with Gasteiger partial charge in [0.25, 0.3) is 0 Å². The molecule has 0 aliphatic heterocycles. The van der Waals surface area contributed by atoms with Crippen LogP contribution in [0.3, 0.4) is 0 Å². The summed E-state index contributed by atoms with van der Waals surface area (Å²) in [6.45, 7) is 5.41. The lowest BCUT2D eigenvalue weighted by molar-refractivity contribution is 0.0483. The second-order valence-corrected chi connectivity index (χ2v) is 4.76. The molecule has 2 nitrogen and oxygen atoms in total. The highest BCUT2D eigenvalue weighted by atomic mass is 35.5. The zero-order chi connectivity index (χ0) is 12.2. The maximum atomic E-state index is 10.3. The van der Waals surface area contributed by atoms with E-state index >= 15 is 0 Å². The van der Waals surface area contributed by atoms with Crippen LogP contribution in [-0.4, -0.2) is 18.2 Å². The first-order valence-corrected chi connectivity index (χ1v) is 6.12. The number of nitrogens with one attached hydrogen (secondary N) is 1. The van der Waals surface area contributed by atoms with Crippen LogP contribution in [0.25, 0.3) is 0 Å². The van der Waals surface area contributed by atoms with E-state index in [-0.39, 0.29) is 0 Å². The molecule has 0 fully saturated rings. The Hall–Kier alpha value is -0.280. The summed E-state index contributed by atoms with van der Waals surface area (Å²) in [6.07, 6.45) is 0.598. The molecule has 2 N–H and O–H groups in total. The van der Waals surface area contributed by atoms with Crippen molar-refractivity contribution in [1.82, 2.24) is 5.32 Å². The van der Waals surface area contributed by atoms with Crippen molar-refractivity contribution in [2.24, 2.45) is 0 Å². The Balaban J connectivity index is 2.84.